The highest BCUT2D eigenvalue weighted by atomic mass is 35.5. The normalized spacial score (nSPS) is 11.3. The second-order valence-electron chi connectivity index (χ2n) is 7.20. The summed E-state index contributed by atoms with van der Waals surface area (Å²) in [5.41, 5.74) is 2.61. The summed E-state index contributed by atoms with van der Waals surface area (Å²) in [7, 11) is -4.20. The molecule has 0 aromatic heterocycles. The number of non-ortho nitro benzene ring substituents is 1. The molecule has 0 radical (unpaired) electrons. The van der Waals surface area contributed by atoms with Gasteiger partial charge in [0.1, 0.15) is 10.6 Å². The average Bonchev–Trinajstić information content (AvgIpc) is 2.81. The summed E-state index contributed by atoms with van der Waals surface area (Å²) < 4.78 is 36.2. The Morgan fingerprint density at radius 1 is 1.06 bits per heavy atom. The Bertz CT molecular complexity index is 1440. The Hall–Kier alpha value is -4.23. The molecular formula is C22H19ClN4O8S. The van der Waals surface area contributed by atoms with Crippen molar-refractivity contribution in [3.63, 3.8) is 0 Å². The Morgan fingerprint density at radius 3 is 2.36 bits per heavy atom. The van der Waals surface area contributed by atoms with E-state index < -0.39 is 31.3 Å². The highest BCUT2D eigenvalue weighted by molar-refractivity contribution is 7.87. The van der Waals surface area contributed by atoms with Gasteiger partial charge in [-0.1, -0.05) is 29.3 Å². The van der Waals surface area contributed by atoms with Gasteiger partial charge in [-0.25, -0.2) is 0 Å². The Labute approximate surface area is 210 Å². The topological polar surface area (TPSA) is 163 Å². The van der Waals surface area contributed by atoms with Crippen LogP contribution in [0.25, 0.3) is 0 Å². The summed E-state index contributed by atoms with van der Waals surface area (Å²) in [4.78, 5) is 20.5. The first-order chi connectivity index (χ1) is 17.0. The van der Waals surface area contributed by atoms with Crippen LogP contribution in [-0.4, -0.2) is 31.1 Å². The maximum absolute atomic E-state index is 12.7. The lowest BCUT2D eigenvalue weighted by molar-refractivity contribution is -0.393. The van der Waals surface area contributed by atoms with Gasteiger partial charge in [-0.2, -0.15) is 13.5 Å². The number of nitro benzene ring substituents is 2. The zero-order valence-corrected chi connectivity index (χ0v) is 20.4. The summed E-state index contributed by atoms with van der Waals surface area (Å²) in [5.74, 6) is -0.182. The van der Waals surface area contributed by atoms with Crippen molar-refractivity contribution in [2.45, 2.75) is 18.7 Å². The number of rotatable bonds is 10. The lowest BCUT2D eigenvalue weighted by Crippen LogP contribution is -2.11. The third-order valence-corrected chi connectivity index (χ3v) is 6.14. The van der Waals surface area contributed by atoms with Crippen LogP contribution >= 0.6 is 11.6 Å². The van der Waals surface area contributed by atoms with Crippen molar-refractivity contribution in [2.75, 3.05) is 12.0 Å². The van der Waals surface area contributed by atoms with Gasteiger partial charge >= 0.3 is 15.8 Å². The van der Waals surface area contributed by atoms with Crippen molar-refractivity contribution in [2.24, 2.45) is 5.10 Å². The number of nitro groups is 2. The molecular weight excluding hydrogens is 516 g/mol. The fourth-order valence-corrected chi connectivity index (χ4v) is 4.18. The van der Waals surface area contributed by atoms with Crippen molar-refractivity contribution in [1.29, 1.82) is 0 Å². The molecule has 0 aliphatic heterocycles. The first-order valence-corrected chi connectivity index (χ1v) is 12.0. The van der Waals surface area contributed by atoms with E-state index in [0.717, 1.165) is 23.8 Å². The molecule has 0 fully saturated rings. The van der Waals surface area contributed by atoms with Crippen molar-refractivity contribution < 1.29 is 27.2 Å². The summed E-state index contributed by atoms with van der Waals surface area (Å²) >= 11 is 6.29. The van der Waals surface area contributed by atoms with E-state index in [0.29, 0.717) is 5.56 Å². The van der Waals surface area contributed by atoms with Crippen LogP contribution in [0.5, 0.6) is 11.5 Å². The number of hydrogen-bond acceptors (Lipinski definition) is 10. The minimum absolute atomic E-state index is 0.0310. The molecule has 0 amide bonds. The molecule has 3 aromatic carbocycles. The van der Waals surface area contributed by atoms with Crippen LogP contribution < -0.4 is 14.3 Å². The Balaban J connectivity index is 1.88. The molecule has 0 aliphatic rings. The average molecular weight is 535 g/mol. The molecule has 1 N–H and O–H groups in total. The molecule has 14 heteroatoms. The molecule has 0 atom stereocenters. The predicted octanol–water partition coefficient (Wildman–Crippen LogP) is 5.08. The zero-order valence-electron chi connectivity index (χ0n) is 18.9. The van der Waals surface area contributed by atoms with Crippen LogP contribution in [0.3, 0.4) is 0 Å². The van der Waals surface area contributed by atoms with Gasteiger partial charge in [0.25, 0.3) is 5.69 Å². The van der Waals surface area contributed by atoms with Gasteiger partial charge in [0, 0.05) is 6.07 Å². The van der Waals surface area contributed by atoms with Crippen molar-refractivity contribution in [1.82, 2.24) is 0 Å². The van der Waals surface area contributed by atoms with E-state index in [1.54, 1.807) is 19.1 Å². The van der Waals surface area contributed by atoms with E-state index in [-0.39, 0.29) is 33.7 Å². The summed E-state index contributed by atoms with van der Waals surface area (Å²) in [5, 5.41) is 26.0. The molecule has 0 heterocycles. The molecule has 12 nitrogen and oxygen atoms in total. The van der Waals surface area contributed by atoms with Gasteiger partial charge in [-0.3, -0.25) is 25.7 Å². The number of nitrogens with zero attached hydrogens (tertiary/aromatic N) is 3. The SMILES string of the molecule is CCOc1cc(/C=N\Nc2ccc([N+](=O)[O-])cc2[N+](=O)[O-])cc(Cl)c1OS(=O)(=O)c1ccc(C)cc1. The van der Waals surface area contributed by atoms with Crippen LogP contribution in [0.2, 0.25) is 5.02 Å². The van der Waals surface area contributed by atoms with Crippen LogP contribution in [0.1, 0.15) is 18.1 Å². The molecule has 3 aromatic rings. The molecule has 0 aliphatic carbocycles. The van der Waals surface area contributed by atoms with Crippen molar-refractivity contribution >= 4 is 45.0 Å². The fraction of sp³-hybridized carbons (Fsp3) is 0.136. The lowest BCUT2D eigenvalue weighted by atomic mass is 10.2. The van der Waals surface area contributed by atoms with Gasteiger partial charge in [-0.05, 0) is 49.7 Å². The smallest absolute Gasteiger partial charge is 0.339 e. The summed E-state index contributed by atoms with van der Waals surface area (Å²) in [6.45, 7) is 3.67. The minimum atomic E-state index is -4.20. The molecule has 0 saturated carbocycles. The lowest BCUT2D eigenvalue weighted by Gasteiger charge is -2.14. The first kappa shape index (κ1) is 26.4. The standard InChI is InChI=1S/C22H19ClN4O8S/c1-3-34-21-11-15(13-24-25-19-9-6-16(26(28)29)12-20(19)27(30)31)10-18(23)22(21)35-36(32,33)17-7-4-14(2)5-8-17/h4-13,25H,3H2,1-2H3/b24-13-. The third kappa shape index (κ3) is 6.25. The highest BCUT2D eigenvalue weighted by Crippen LogP contribution is 2.38. The first-order valence-electron chi connectivity index (χ1n) is 10.2. The molecule has 0 unspecified atom stereocenters. The number of halogens is 1. The number of benzene rings is 3. The molecule has 0 spiro atoms. The van der Waals surface area contributed by atoms with Crippen LogP contribution in [0.4, 0.5) is 17.1 Å². The molecule has 3 rings (SSSR count). The quantitative estimate of drug-likeness (QED) is 0.162. The number of ether oxygens (including phenoxy) is 1. The van der Waals surface area contributed by atoms with E-state index in [9.17, 15) is 28.6 Å². The second kappa shape index (κ2) is 11.0. The van der Waals surface area contributed by atoms with Gasteiger partial charge in [0.05, 0.1) is 33.8 Å². The van der Waals surface area contributed by atoms with Crippen molar-refractivity contribution in [3.05, 3.63) is 91.0 Å². The number of hydrogen-bond donors (Lipinski definition) is 1. The maximum Gasteiger partial charge on any atom is 0.339 e. The summed E-state index contributed by atoms with van der Waals surface area (Å²) in [6.07, 6.45) is 1.25. The monoisotopic (exact) mass is 534 g/mol. The second-order valence-corrected chi connectivity index (χ2v) is 9.15. The zero-order chi connectivity index (χ0) is 26.5. The fourth-order valence-electron chi connectivity index (χ4n) is 2.92. The van der Waals surface area contributed by atoms with Gasteiger partial charge < -0.3 is 8.92 Å². The van der Waals surface area contributed by atoms with Crippen LogP contribution in [-0.2, 0) is 10.1 Å². The maximum atomic E-state index is 12.7. The number of aryl methyl sites for hydroxylation is 1. The predicted molar refractivity (Wildman–Crippen MR) is 133 cm³/mol. The Kier molecular flexibility index (Phi) is 8.07. The van der Waals surface area contributed by atoms with Gasteiger partial charge in [0.2, 0.25) is 5.75 Å². The van der Waals surface area contributed by atoms with E-state index >= 15 is 0 Å². The van der Waals surface area contributed by atoms with E-state index in [1.807, 2.05) is 6.92 Å². The van der Waals surface area contributed by atoms with E-state index in [1.165, 1.54) is 30.5 Å². The highest BCUT2D eigenvalue weighted by Gasteiger charge is 2.23. The number of nitrogens with one attached hydrogen (secondary N) is 1. The Morgan fingerprint density at radius 2 is 1.75 bits per heavy atom. The molecule has 36 heavy (non-hydrogen) atoms. The third-order valence-electron chi connectivity index (χ3n) is 4.62. The largest absolute Gasteiger partial charge is 0.490 e. The molecule has 0 bridgehead atoms. The van der Waals surface area contributed by atoms with Crippen LogP contribution in [0, 0.1) is 27.2 Å². The minimum Gasteiger partial charge on any atom is -0.490 e. The van der Waals surface area contributed by atoms with Gasteiger partial charge in [-0.15, -0.1) is 0 Å². The van der Waals surface area contributed by atoms with E-state index in [2.05, 4.69) is 10.5 Å². The molecule has 0 saturated heterocycles. The summed E-state index contributed by atoms with van der Waals surface area (Å²) in [6, 6.07) is 11.9. The van der Waals surface area contributed by atoms with Gasteiger partial charge in [0.15, 0.2) is 5.75 Å². The number of anilines is 1. The van der Waals surface area contributed by atoms with Crippen LogP contribution in [0.15, 0.2) is 64.6 Å². The van der Waals surface area contributed by atoms with E-state index in [4.69, 9.17) is 20.5 Å². The number of hydrazone groups is 1. The molecule has 188 valence electrons. The van der Waals surface area contributed by atoms with Crippen molar-refractivity contribution in [3.8, 4) is 11.5 Å².